The molecule has 7 heteroatoms. The second-order valence-electron chi connectivity index (χ2n) is 6.73. The van der Waals surface area contributed by atoms with Gasteiger partial charge in [0, 0.05) is 6.54 Å². The second-order valence-corrected chi connectivity index (χ2v) is 6.73. The van der Waals surface area contributed by atoms with E-state index in [1.54, 1.807) is 0 Å². The van der Waals surface area contributed by atoms with E-state index in [-0.39, 0.29) is 25.8 Å². The highest BCUT2D eigenvalue weighted by molar-refractivity contribution is 5.85. The van der Waals surface area contributed by atoms with Crippen molar-refractivity contribution in [3.05, 3.63) is 35.6 Å². The number of aliphatic hydroxyl groups excluding tert-OH is 1. The predicted octanol–water partition coefficient (Wildman–Crippen LogP) is 2.40. The summed E-state index contributed by atoms with van der Waals surface area (Å²) in [5.74, 6) is -5.97. The van der Waals surface area contributed by atoms with Crippen LogP contribution in [0.15, 0.2) is 24.3 Å². The molecule has 0 aromatic heterocycles. The summed E-state index contributed by atoms with van der Waals surface area (Å²) in [5.41, 5.74) is -1.99. The van der Waals surface area contributed by atoms with Gasteiger partial charge in [0.15, 0.2) is 0 Å². The molecule has 2 aliphatic rings. The largest absolute Gasteiger partial charge is 0.391 e. The molecule has 1 saturated heterocycles. The van der Waals surface area contributed by atoms with Crippen molar-refractivity contribution in [1.82, 2.24) is 4.90 Å². The van der Waals surface area contributed by atoms with Crippen molar-refractivity contribution in [3.8, 4) is 0 Å². The maximum atomic E-state index is 14.7. The van der Waals surface area contributed by atoms with Crippen molar-refractivity contribution in [2.45, 2.75) is 55.8 Å². The number of likely N-dealkylation sites (tertiary alicyclic amines) is 1. The minimum atomic E-state index is -3.93. The van der Waals surface area contributed by atoms with Crippen LogP contribution >= 0.6 is 0 Å². The molecule has 1 amide bonds. The molecule has 132 valence electrons. The van der Waals surface area contributed by atoms with E-state index < -0.39 is 35.4 Å². The number of rotatable bonds is 3. The van der Waals surface area contributed by atoms with Gasteiger partial charge in [-0.15, -0.1) is 0 Å². The van der Waals surface area contributed by atoms with Crippen LogP contribution in [0.3, 0.4) is 0 Å². The normalized spacial score (nSPS) is 26.8. The molecule has 0 bridgehead atoms. The van der Waals surface area contributed by atoms with Gasteiger partial charge in [-0.05, 0) is 37.0 Å². The first-order valence-electron chi connectivity index (χ1n) is 8.09. The molecular formula is C17H20F3NO3. The summed E-state index contributed by atoms with van der Waals surface area (Å²) in [6.07, 6.45) is -0.287. The first-order chi connectivity index (χ1) is 11.2. The summed E-state index contributed by atoms with van der Waals surface area (Å²) in [6.45, 7) is -0.258. The third-order valence-corrected chi connectivity index (χ3v) is 5.06. The summed E-state index contributed by atoms with van der Waals surface area (Å²) in [6, 6.07) is 4.52. The minimum Gasteiger partial charge on any atom is -0.391 e. The van der Waals surface area contributed by atoms with Crippen molar-refractivity contribution in [1.29, 1.82) is 0 Å². The third-order valence-electron chi connectivity index (χ3n) is 5.06. The summed E-state index contributed by atoms with van der Waals surface area (Å²) in [5, 5.41) is 20.0. The highest BCUT2D eigenvalue weighted by Crippen LogP contribution is 2.45. The summed E-state index contributed by atoms with van der Waals surface area (Å²) >= 11 is 0. The lowest BCUT2D eigenvalue weighted by Gasteiger charge is -2.35. The standard InChI is InChI=1S/C17H20F3NO3/c18-12-5-3-4-11(8-12)14-9-13(22)10-21(14)15(23)17(19,20)16(24)6-1-2-7-16/h3-5,8,13-14,22,24H,1-2,6-7,9-10H2. The number of benzene rings is 1. The molecule has 0 spiro atoms. The van der Waals surface area contributed by atoms with E-state index in [1.807, 2.05) is 0 Å². The van der Waals surface area contributed by atoms with Gasteiger partial charge in [-0.1, -0.05) is 25.0 Å². The molecule has 1 heterocycles. The van der Waals surface area contributed by atoms with Crippen molar-refractivity contribution in [2.75, 3.05) is 6.54 Å². The number of carbonyl (C=O) groups is 1. The van der Waals surface area contributed by atoms with Gasteiger partial charge >= 0.3 is 5.92 Å². The second kappa shape index (κ2) is 6.04. The van der Waals surface area contributed by atoms with Gasteiger partial charge in [0.2, 0.25) is 0 Å². The van der Waals surface area contributed by atoms with E-state index in [2.05, 4.69) is 0 Å². The fourth-order valence-corrected chi connectivity index (χ4v) is 3.72. The summed E-state index contributed by atoms with van der Waals surface area (Å²) in [7, 11) is 0. The van der Waals surface area contributed by atoms with E-state index in [4.69, 9.17) is 0 Å². The number of nitrogens with zero attached hydrogens (tertiary/aromatic N) is 1. The zero-order valence-corrected chi connectivity index (χ0v) is 13.1. The van der Waals surface area contributed by atoms with Crippen LogP contribution in [0.5, 0.6) is 0 Å². The van der Waals surface area contributed by atoms with Gasteiger partial charge in [0.25, 0.3) is 5.91 Å². The molecule has 1 aromatic carbocycles. The van der Waals surface area contributed by atoms with E-state index in [0.717, 1.165) is 4.90 Å². The molecule has 2 N–H and O–H groups in total. The molecule has 1 aliphatic heterocycles. The molecule has 24 heavy (non-hydrogen) atoms. The Kier molecular flexibility index (Phi) is 4.34. The van der Waals surface area contributed by atoms with Crippen LogP contribution in [0.25, 0.3) is 0 Å². The lowest BCUT2D eigenvalue weighted by atomic mass is 9.92. The summed E-state index contributed by atoms with van der Waals surface area (Å²) < 4.78 is 42.7. The van der Waals surface area contributed by atoms with Crippen LogP contribution in [0.4, 0.5) is 13.2 Å². The molecule has 0 radical (unpaired) electrons. The minimum absolute atomic E-state index is 0.0592. The Morgan fingerprint density at radius 1 is 1.29 bits per heavy atom. The Morgan fingerprint density at radius 2 is 1.96 bits per heavy atom. The molecular weight excluding hydrogens is 323 g/mol. The highest BCUT2D eigenvalue weighted by atomic mass is 19.3. The summed E-state index contributed by atoms with van der Waals surface area (Å²) in [4.78, 5) is 13.4. The Hall–Kier alpha value is -1.60. The predicted molar refractivity (Wildman–Crippen MR) is 79.8 cm³/mol. The fraction of sp³-hybridized carbons (Fsp3) is 0.588. The molecule has 2 atom stereocenters. The van der Waals surface area contributed by atoms with Crippen LogP contribution < -0.4 is 0 Å². The first kappa shape index (κ1) is 17.2. The Labute approximate surface area is 137 Å². The number of aliphatic hydroxyl groups is 2. The van der Waals surface area contributed by atoms with Gasteiger partial charge in [0.05, 0.1) is 12.1 Å². The SMILES string of the molecule is O=C(N1CC(O)CC1c1cccc(F)c1)C(F)(F)C1(O)CCCC1. The average Bonchev–Trinajstić information content (AvgIpc) is 3.13. The Balaban J connectivity index is 1.89. The number of amides is 1. The van der Waals surface area contributed by atoms with Gasteiger partial charge in [0.1, 0.15) is 11.4 Å². The lowest BCUT2D eigenvalue weighted by molar-refractivity contribution is -0.201. The van der Waals surface area contributed by atoms with E-state index in [0.29, 0.717) is 18.4 Å². The van der Waals surface area contributed by atoms with Crippen molar-refractivity contribution < 1.29 is 28.2 Å². The molecule has 4 nitrogen and oxygen atoms in total. The quantitative estimate of drug-likeness (QED) is 0.886. The number of hydrogen-bond donors (Lipinski definition) is 2. The molecule has 1 aromatic rings. The zero-order chi connectivity index (χ0) is 17.5. The Morgan fingerprint density at radius 3 is 2.58 bits per heavy atom. The molecule has 3 rings (SSSR count). The van der Waals surface area contributed by atoms with Gasteiger partial charge in [-0.2, -0.15) is 8.78 Å². The number of carbonyl (C=O) groups excluding carboxylic acids is 1. The maximum Gasteiger partial charge on any atom is 0.352 e. The number of halogens is 3. The zero-order valence-electron chi connectivity index (χ0n) is 13.1. The number of hydrogen-bond acceptors (Lipinski definition) is 3. The van der Waals surface area contributed by atoms with Gasteiger partial charge < -0.3 is 15.1 Å². The molecule has 1 aliphatic carbocycles. The van der Waals surface area contributed by atoms with Crippen LogP contribution in [0.1, 0.15) is 43.7 Å². The lowest BCUT2D eigenvalue weighted by Crippen LogP contribution is -2.57. The number of alkyl halides is 2. The third kappa shape index (κ3) is 2.80. The van der Waals surface area contributed by atoms with Gasteiger partial charge in [-0.25, -0.2) is 4.39 Å². The topological polar surface area (TPSA) is 60.8 Å². The van der Waals surface area contributed by atoms with Gasteiger partial charge in [-0.3, -0.25) is 4.79 Å². The first-order valence-corrected chi connectivity index (χ1v) is 8.09. The molecule has 2 unspecified atom stereocenters. The molecule has 1 saturated carbocycles. The Bertz CT molecular complexity index is 631. The van der Waals surface area contributed by atoms with Crippen LogP contribution in [0.2, 0.25) is 0 Å². The van der Waals surface area contributed by atoms with Crippen LogP contribution in [0, 0.1) is 5.82 Å². The monoisotopic (exact) mass is 343 g/mol. The van der Waals surface area contributed by atoms with Crippen molar-refractivity contribution in [3.63, 3.8) is 0 Å². The average molecular weight is 343 g/mol. The van der Waals surface area contributed by atoms with Crippen LogP contribution in [-0.2, 0) is 4.79 Å². The van der Waals surface area contributed by atoms with Crippen molar-refractivity contribution in [2.24, 2.45) is 0 Å². The number of β-amino-alcohol motifs (C(OH)–C–C–N with tert-alkyl or cyclic N) is 1. The van der Waals surface area contributed by atoms with E-state index >= 15 is 0 Å². The fourth-order valence-electron chi connectivity index (χ4n) is 3.72. The highest BCUT2D eigenvalue weighted by Gasteiger charge is 2.61. The molecule has 2 fully saturated rings. The maximum absolute atomic E-state index is 14.7. The smallest absolute Gasteiger partial charge is 0.352 e. The van der Waals surface area contributed by atoms with Crippen LogP contribution in [-0.4, -0.2) is 45.2 Å². The van der Waals surface area contributed by atoms with E-state index in [1.165, 1.54) is 24.3 Å². The van der Waals surface area contributed by atoms with Crippen molar-refractivity contribution >= 4 is 5.91 Å². The van der Waals surface area contributed by atoms with E-state index in [9.17, 15) is 28.2 Å².